The molecule has 6 heteroatoms. The summed E-state index contributed by atoms with van der Waals surface area (Å²) < 4.78 is 27.7. The molecule has 2 aromatic rings. The molecule has 0 radical (unpaired) electrons. The van der Waals surface area contributed by atoms with Crippen LogP contribution in [0.3, 0.4) is 0 Å². The van der Waals surface area contributed by atoms with E-state index < -0.39 is 10.2 Å². The monoisotopic (exact) mass is 373 g/mol. The van der Waals surface area contributed by atoms with Crippen LogP contribution in [0, 0.1) is 6.92 Å². The molecule has 1 saturated heterocycles. The van der Waals surface area contributed by atoms with Crippen LogP contribution in [0.15, 0.2) is 42.5 Å². The second-order valence-corrected chi connectivity index (χ2v) is 9.35. The van der Waals surface area contributed by atoms with Crippen molar-refractivity contribution in [1.29, 1.82) is 0 Å². The summed E-state index contributed by atoms with van der Waals surface area (Å²) in [5.74, 6) is 0.149. The molecule has 26 heavy (non-hydrogen) atoms. The zero-order chi connectivity index (χ0) is 18.7. The molecule has 0 saturated carbocycles. The molecule has 0 unspecified atom stereocenters. The summed E-state index contributed by atoms with van der Waals surface area (Å²) in [5, 5.41) is 0. The second-order valence-electron chi connectivity index (χ2n) is 7.21. The van der Waals surface area contributed by atoms with Crippen molar-refractivity contribution in [2.24, 2.45) is 0 Å². The molecular formula is C20H27N3O2S. The molecule has 2 heterocycles. The lowest BCUT2D eigenvalue weighted by Gasteiger charge is -2.33. The van der Waals surface area contributed by atoms with Gasteiger partial charge in [0.25, 0.3) is 10.2 Å². The molecule has 1 aromatic heterocycles. The average molecular weight is 374 g/mol. The highest BCUT2D eigenvalue weighted by molar-refractivity contribution is 7.86. The third-order valence-electron chi connectivity index (χ3n) is 4.89. The molecule has 1 aromatic carbocycles. The number of hydrogen-bond acceptors (Lipinski definition) is 3. The molecule has 0 bridgehead atoms. The van der Waals surface area contributed by atoms with Gasteiger partial charge in [0.15, 0.2) is 0 Å². The smallest absolute Gasteiger partial charge is 0.257 e. The minimum absolute atomic E-state index is 0.149. The zero-order valence-corrected chi connectivity index (χ0v) is 16.5. The van der Waals surface area contributed by atoms with E-state index in [1.807, 2.05) is 18.2 Å². The summed E-state index contributed by atoms with van der Waals surface area (Å²) in [5.41, 5.74) is 4.51. The standard InChI is InChI=1S/C20H27N3O2S/c1-16-7-4-8-17(13-16)14-19-10-5-11-20(21-19)18-9-6-12-23(15-18)26(24,25)22(2)3/h4-5,7-8,10-11,13,18H,6,9,12,14-15H2,1-3H3/t18-/m0/s1. The Morgan fingerprint density at radius 2 is 1.96 bits per heavy atom. The highest BCUT2D eigenvalue weighted by atomic mass is 32.2. The molecule has 0 spiro atoms. The fourth-order valence-electron chi connectivity index (χ4n) is 3.48. The topological polar surface area (TPSA) is 53.5 Å². The summed E-state index contributed by atoms with van der Waals surface area (Å²) in [4.78, 5) is 4.85. The van der Waals surface area contributed by atoms with Crippen molar-refractivity contribution in [2.75, 3.05) is 27.2 Å². The molecule has 0 aliphatic carbocycles. The minimum Gasteiger partial charge on any atom is -0.257 e. The van der Waals surface area contributed by atoms with Crippen molar-refractivity contribution in [3.8, 4) is 0 Å². The third-order valence-corrected chi connectivity index (χ3v) is 6.79. The van der Waals surface area contributed by atoms with E-state index >= 15 is 0 Å². The quantitative estimate of drug-likeness (QED) is 0.810. The van der Waals surface area contributed by atoms with Gasteiger partial charge in [0, 0.05) is 50.9 Å². The molecule has 5 nitrogen and oxygen atoms in total. The van der Waals surface area contributed by atoms with E-state index in [-0.39, 0.29) is 5.92 Å². The second kappa shape index (κ2) is 7.86. The van der Waals surface area contributed by atoms with Gasteiger partial charge in [0.2, 0.25) is 0 Å². The van der Waals surface area contributed by atoms with Crippen LogP contribution in [-0.4, -0.2) is 49.2 Å². The third kappa shape index (κ3) is 4.31. The van der Waals surface area contributed by atoms with Crippen molar-refractivity contribution in [3.05, 3.63) is 65.0 Å². The number of rotatable bonds is 5. The number of pyridine rings is 1. The van der Waals surface area contributed by atoms with Crippen molar-refractivity contribution >= 4 is 10.2 Å². The van der Waals surface area contributed by atoms with Crippen LogP contribution < -0.4 is 0 Å². The van der Waals surface area contributed by atoms with E-state index in [0.29, 0.717) is 13.1 Å². The summed E-state index contributed by atoms with van der Waals surface area (Å²) in [6.45, 7) is 3.18. The molecule has 1 aliphatic heterocycles. The molecule has 1 fully saturated rings. The number of piperidine rings is 1. The van der Waals surface area contributed by atoms with Crippen LogP contribution in [0.4, 0.5) is 0 Å². The number of aryl methyl sites for hydroxylation is 1. The highest BCUT2D eigenvalue weighted by Gasteiger charge is 2.31. The maximum Gasteiger partial charge on any atom is 0.281 e. The summed E-state index contributed by atoms with van der Waals surface area (Å²) in [7, 11) is -0.199. The summed E-state index contributed by atoms with van der Waals surface area (Å²) in [6, 6.07) is 14.6. The molecule has 0 N–H and O–H groups in total. The fourth-order valence-corrected chi connectivity index (χ4v) is 4.67. The van der Waals surface area contributed by atoms with Gasteiger partial charge in [-0.1, -0.05) is 35.9 Å². The van der Waals surface area contributed by atoms with Crippen LogP contribution in [0.25, 0.3) is 0 Å². The molecule has 1 atom stereocenters. The predicted molar refractivity (Wildman–Crippen MR) is 104 cm³/mol. The Morgan fingerprint density at radius 1 is 1.19 bits per heavy atom. The van der Waals surface area contributed by atoms with E-state index in [9.17, 15) is 8.42 Å². The summed E-state index contributed by atoms with van der Waals surface area (Å²) >= 11 is 0. The van der Waals surface area contributed by atoms with Gasteiger partial charge in [-0.3, -0.25) is 4.98 Å². The van der Waals surface area contributed by atoms with Gasteiger partial charge in [-0.25, -0.2) is 0 Å². The minimum atomic E-state index is -3.37. The Labute approximate surface area is 156 Å². The van der Waals surface area contributed by atoms with Crippen LogP contribution in [0.2, 0.25) is 0 Å². The first-order valence-electron chi connectivity index (χ1n) is 9.05. The van der Waals surface area contributed by atoms with Gasteiger partial charge in [0.05, 0.1) is 0 Å². The highest BCUT2D eigenvalue weighted by Crippen LogP contribution is 2.28. The molecule has 1 aliphatic rings. The van der Waals surface area contributed by atoms with Gasteiger partial charge < -0.3 is 0 Å². The molecule has 3 rings (SSSR count). The van der Waals surface area contributed by atoms with Crippen molar-refractivity contribution in [1.82, 2.24) is 13.6 Å². The van der Waals surface area contributed by atoms with E-state index in [0.717, 1.165) is 30.7 Å². The normalized spacial score (nSPS) is 19.0. The van der Waals surface area contributed by atoms with Gasteiger partial charge in [-0.15, -0.1) is 0 Å². The molecular weight excluding hydrogens is 346 g/mol. The van der Waals surface area contributed by atoms with Crippen LogP contribution >= 0.6 is 0 Å². The lowest BCUT2D eigenvalue weighted by molar-refractivity contribution is 0.296. The maximum atomic E-state index is 12.4. The van der Waals surface area contributed by atoms with Gasteiger partial charge in [-0.2, -0.15) is 17.0 Å². The lowest BCUT2D eigenvalue weighted by atomic mass is 9.95. The fraction of sp³-hybridized carbons (Fsp3) is 0.450. The lowest BCUT2D eigenvalue weighted by Crippen LogP contribution is -2.45. The molecule has 140 valence electrons. The number of benzene rings is 1. The Morgan fingerprint density at radius 3 is 2.69 bits per heavy atom. The summed E-state index contributed by atoms with van der Waals surface area (Å²) in [6.07, 6.45) is 2.63. The Hall–Kier alpha value is -1.76. The number of aromatic nitrogens is 1. The van der Waals surface area contributed by atoms with E-state index in [4.69, 9.17) is 4.98 Å². The first kappa shape index (κ1) is 19.0. The number of hydrogen-bond donors (Lipinski definition) is 0. The molecule has 0 amide bonds. The van der Waals surface area contributed by atoms with Gasteiger partial charge in [0.1, 0.15) is 0 Å². The van der Waals surface area contributed by atoms with E-state index in [1.165, 1.54) is 15.4 Å². The van der Waals surface area contributed by atoms with Crippen molar-refractivity contribution < 1.29 is 8.42 Å². The first-order valence-corrected chi connectivity index (χ1v) is 10.4. The Bertz CT molecular complexity index is 865. The van der Waals surface area contributed by atoms with Gasteiger partial charge in [-0.05, 0) is 37.5 Å². The van der Waals surface area contributed by atoms with Gasteiger partial charge >= 0.3 is 0 Å². The SMILES string of the molecule is Cc1cccc(Cc2cccc([C@H]3CCCN(S(=O)(=O)N(C)C)C3)n2)c1. The van der Waals surface area contributed by atoms with Crippen LogP contribution in [0.5, 0.6) is 0 Å². The average Bonchev–Trinajstić information content (AvgIpc) is 2.62. The Kier molecular flexibility index (Phi) is 5.75. The zero-order valence-electron chi connectivity index (χ0n) is 15.7. The number of nitrogens with zero attached hydrogens (tertiary/aromatic N) is 3. The Balaban J connectivity index is 1.77. The van der Waals surface area contributed by atoms with Crippen LogP contribution in [0.1, 0.15) is 41.3 Å². The largest absolute Gasteiger partial charge is 0.281 e. The van der Waals surface area contributed by atoms with E-state index in [1.54, 1.807) is 18.4 Å². The first-order chi connectivity index (χ1) is 12.4. The predicted octanol–water partition coefficient (Wildman–Crippen LogP) is 2.97. The van der Waals surface area contributed by atoms with Crippen LogP contribution in [-0.2, 0) is 16.6 Å². The van der Waals surface area contributed by atoms with Crippen molar-refractivity contribution in [2.45, 2.75) is 32.1 Å². The van der Waals surface area contributed by atoms with E-state index in [2.05, 4.69) is 31.2 Å². The maximum absolute atomic E-state index is 12.4. The van der Waals surface area contributed by atoms with Crippen molar-refractivity contribution in [3.63, 3.8) is 0 Å².